The highest BCUT2D eigenvalue weighted by molar-refractivity contribution is 7.98. The van der Waals surface area contributed by atoms with E-state index in [1.54, 1.807) is 48.2 Å². The molecule has 0 aliphatic rings. The number of nitro groups is 1. The third-order valence-electron chi connectivity index (χ3n) is 3.75. The SMILES string of the molecule is Cc1ccc(NC(=O)c2ccccc2SCc2cccs2)cc1[N+](=O)[O-]. The molecule has 0 spiro atoms. The van der Waals surface area contributed by atoms with Gasteiger partial charge in [0.05, 0.1) is 10.5 Å². The number of amides is 1. The second kappa shape index (κ2) is 8.16. The van der Waals surface area contributed by atoms with Crippen molar-refractivity contribution in [2.75, 3.05) is 5.32 Å². The summed E-state index contributed by atoms with van der Waals surface area (Å²) in [6.45, 7) is 1.67. The van der Waals surface area contributed by atoms with Crippen LogP contribution in [-0.2, 0) is 5.75 Å². The fourth-order valence-electron chi connectivity index (χ4n) is 2.41. The number of anilines is 1. The highest BCUT2D eigenvalue weighted by Crippen LogP contribution is 2.29. The molecule has 7 heteroatoms. The first-order valence-electron chi connectivity index (χ1n) is 7.85. The van der Waals surface area contributed by atoms with Crippen LogP contribution in [0.5, 0.6) is 0 Å². The molecule has 2 aromatic carbocycles. The standard InChI is InChI=1S/C19H16N2O3S2/c1-13-8-9-14(11-17(13)21(23)24)20-19(22)16-6-2-3-7-18(16)26-12-15-5-4-10-25-15/h2-11H,12H2,1H3,(H,20,22). The molecule has 0 bridgehead atoms. The Balaban J connectivity index is 1.78. The Bertz CT molecular complexity index is 940. The predicted molar refractivity (Wildman–Crippen MR) is 106 cm³/mol. The van der Waals surface area contributed by atoms with Gasteiger partial charge < -0.3 is 5.32 Å². The second-order valence-corrected chi connectivity index (χ2v) is 7.63. The molecule has 0 saturated heterocycles. The molecule has 0 fully saturated rings. The van der Waals surface area contributed by atoms with Gasteiger partial charge in [-0.1, -0.05) is 24.3 Å². The third kappa shape index (κ3) is 4.30. The normalized spacial score (nSPS) is 10.5. The molecule has 132 valence electrons. The number of nitro benzene ring substituents is 1. The first kappa shape index (κ1) is 18.2. The smallest absolute Gasteiger partial charge is 0.274 e. The quantitative estimate of drug-likeness (QED) is 0.345. The summed E-state index contributed by atoms with van der Waals surface area (Å²) in [6, 6.07) is 16.1. The molecule has 0 aliphatic carbocycles. The number of hydrogen-bond donors (Lipinski definition) is 1. The van der Waals surface area contributed by atoms with Gasteiger partial charge in [0.25, 0.3) is 11.6 Å². The van der Waals surface area contributed by atoms with Crippen molar-refractivity contribution < 1.29 is 9.72 Å². The Morgan fingerprint density at radius 3 is 2.73 bits per heavy atom. The van der Waals surface area contributed by atoms with Crippen molar-refractivity contribution >= 4 is 40.4 Å². The number of nitrogens with one attached hydrogen (secondary N) is 1. The van der Waals surface area contributed by atoms with Gasteiger partial charge in [0.1, 0.15) is 0 Å². The van der Waals surface area contributed by atoms with Crippen molar-refractivity contribution in [3.8, 4) is 0 Å². The first-order chi connectivity index (χ1) is 12.5. The molecule has 1 aromatic heterocycles. The minimum absolute atomic E-state index is 0.0110. The summed E-state index contributed by atoms with van der Waals surface area (Å²) in [4.78, 5) is 25.4. The Hall–Kier alpha value is -2.64. The molecular weight excluding hydrogens is 368 g/mol. The Labute approximate surface area is 159 Å². The summed E-state index contributed by atoms with van der Waals surface area (Å²) in [7, 11) is 0. The lowest BCUT2D eigenvalue weighted by molar-refractivity contribution is -0.385. The predicted octanol–water partition coefficient (Wildman–Crippen LogP) is 5.51. The van der Waals surface area contributed by atoms with E-state index >= 15 is 0 Å². The lowest BCUT2D eigenvalue weighted by atomic mass is 10.1. The summed E-state index contributed by atoms with van der Waals surface area (Å²) in [6.07, 6.45) is 0. The van der Waals surface area contributed by atoms with Crippen LogP contribution in [0.2, 0.25) is 0 Å². The van der Waals surface area contributed by atoms with Crippen LogP contribution in [0.15, 0.2) is 64.9 Å². The number of benzene rings is 2. The number of nitrogens with zero attached hydrogens (tertiary/aromatic N) is 1. The van der Waals surface area contributed by atoms with Gasteiger partial charge in [-0.05, 0) is 36.6 Å². The number of carbonyl (C=O) groups is 1. The van der Waals surface area contributed by atoms with Crippen molar-refractivity contribution in [1.82, 2.24) is 0 Å². The summed E-state index contributed by atoms with van der Waals surface area (Å²) < 4.78 is 0. The van der Waals surface area contributed by atoms with Crippen LogP contribution in [0, 0.1) is 17.0 Å². The largest absolute Gasteiger partial charge is 0.322 e. The molecule has 0 radical (unpaired) electrons. The van der Waals surface area contributed by atoms with Gasteiger partial charge >= 0.3 is 0 Å². The minimum atomic E-state index is -0.449. The van der Waals surface area contributed by atoms with Crippen LogP contribution in [0.3, 0.4) is 0 Å². The molecule has 0 saturated carbocycles. The average Bonchev–Trinajstić information content (AvgIpc) is 3.15. The molecule has 1 N–H and O–H groups in total. The van der Waals surface area contributed by atoms with Gasteiger partial charge in [-0.2, -0.15) is 0 Å². The van der Waals surface area contributed by atoms with E-state index in [2.05, 4.69) is 11.4 Å². The number of thioether (sulfide) groups is 1. The van der Waals surface area contributed by atoms with E-state index < -0.39 is 4.92 Å². The molecule has 0 atom stereocenters. The third-order valence-corrected chi connectivity index (χ3v) is 5.93. The molecule has 3 aromatic rings. The maximum Gasteiger partial charge on any atom is 0.274 e. The molecule has 26 heavy (non-hydrogen) atoms. The van der Waals surface area contributed by atoms with Crippen LogP contribution < -0.4 is 5.32 Å². The molecule has 3 rings (SSSR count). The lowest BCUT2D eigenvalue weighted by Gasteiger charge is -2.10. The van der Waals surface area contributed by atoms with E-state index in [1.165, 1.54) is 10.9 Å². The van der Waals surface area contributed by atoms with Gasteiger partial charge in [0.15, 0.2) is 0 Å². The van der Waals surface area contributed by atoms with Gasteiger partial charge in [-0.15, -0.1) is 23.1 Å². The van der Waals surface area contributed by atoms with Crippen molar-refractivity contribution in [2.24, 2.45) is 0 Å². The first-order valence-corrected chi connectivity index (χ1v) is 9.72. The summed E-state index contributed by atoms with van der Waals surface area (Å²) in [5, 5.41) is 15.9. The second-order valence-electron chi connectivity index (χ2n) is 5.58. The van der Waals surface area contributed by atoms with Crippen LogP contribution in [0.4, 0.5) is 11.4 Å². The van der Waals surface area contributed by atoms with Gasteiger partial charge in [-0.25, -0.2) is 0 Å². The Morgan fingerprint density at radius 1 is 1.19 bits per heavy atom. The van der Waals surface area contributed by atoms with Crippen molar-refractivity contribution in [2.45, 2.75) is 17.6 Å². The van der Waals surface area contributed by atoms with Crippen LogP contribution in [-0.4, -0.2) is 10.8 Å². The maximum absolute atomic E-state index is 12.7. The fraction of sp³-hybridized carbons (Fsp3) is 0.105. The molecule has 5 nitrogen and oxygen atoms in total. The van der Waals surface area contributed by atoms with Gasteiger partial charge in [0.2, 0.25) is 0 Å². The summed E-state index contributed by atoms with van der Waals surface area (Å²) in [5.74, 6) is 0.509. The Morgan fingerprint density at radius 2 is 2.00 bits per heavy atom. The van der Waals surface area contributed by atoms with Crippen molar-refractivity contribution in [1.29, 1.82) is 0 Å². The fourth-order valence-corrected chi connectivity index (χ4v) is 4.23. The topological polar surface area (TPSA) is 72.2 Å². The highest BCUT2D eigenvalue weighted by atomic mass is 32.2. The zero-order valence-corrected chi connectivity index (χ0v) is 15.6. The van der Waals surface area contributed by atoms with E-state index in [9.17, 15) is 14.9 Å². The number of thiophene rings is 1. The summed E-state index contributed by atoms with van der Waals surface area (Å²) in [5.41, 5.74) is 1.51. The zero-order chi connectivity index (χ0) is 18.5. The lowest BCUT2D eigenvalue weighted by Crippen LogP contribution is -2.13. The van der Waals surface area contributed by atoms with E-state index in [0.717, 1.165) is 10.6 Å². The van der Waals surface area contributed by atoms with Gasteiger partial charge in [-0.3, -0.25) is 14.9 Å². The number of rotatable bonds is 6. The van der Waals surface area contributed by atoms with Crippen molar-refractivity contribution in [3.05, 3.63) is 86.1 Å². The van der Waals surface area contributed by atoms with Crippen LogP contribution in [0.1, 0.15) is 20.8 Å². The van der Waals surface area contributed by atoms with Gasteiger partial charge in [0, 0.05) is 32.8 Å². The minimum Gasteiger partial charge on any atom is -0.322 e. The monoisotopic (exact) mass is 384 g/mol. The van der Waals surface area contributed by atoms with Crippen LogP contribution >= 0.6 is 23.1 Å². The van der Waals surface area contributed by atoms with E-state index in [0.29, 0.717) is 16.8 Å². The molecule has 0 unspecified atom stereocenters. The molecule has 1 heterocycles. The number of hydrogen-bond acceptors (Lipinski definition) is 5. The summed E-state index contributed by atoms with van der Waals surface area (Å²) >= 11 is 3.27. The van der Waals surface area contributed by atoms with E-state index in [1.807, 2.05) is 29.6 Å². The molecular formula is C19H16N2O3S2. The van der Waals surface area contributed by atoms with E-state index in [-0.39, 0.29) is 11.6 Å². The Kier molecular flexibility index (Phi) is 5.70. The number of carbonyl (C=O) groups excluding carboxylic acids is 1. The maximum atomic E-state index is 12.7. The van der Waals surface area contributed by atoms with Crippen molar-refractivity contribution in [3.63, 3.8) is 0 Å². The number of aryl methyl sites for hydroxylation is 1. The zero-order valence-electron chi connectivity index (χ0n) is 14.0. The average molecular weight is 384 g/mol. The highest BCUT2D eigenvalue weighted by Gasteiger charge is 2.15. The molecule has 0 aliphatic heterocycles. The van der Waals surface area contributed by atoms with Crippen LogP contribution in [0.25, 0.3) is 0 Å². The molecule has 1 amide bonds. The van der Waals surface area contributed by atoms with E-state index in [4.69, 9.17) is 0 Å².